The number of unbranched alkanes of at least 4 members (excludes halogenated alkanes) is 3. The Bertz CT molecular complexity index is 1380. The number of fused-ring (bicyclic) bond motifs is 2. The number of carbonyl (C=O) groups excluding carboxylic acids is 1. The minimum atomic E-state index is -0.500. The number of ketones is 1. The van der Waals surface area contributed by atoms with Gasteiger partial charge in [-0.25, -0.2) is 9.37 Å². The standard InChI is InChI=1S/C25H29FN2O2.C9H20.C4H10O/c1-6-16-11-21-23(19-13-22(26)24-18(14(19)3)9-8-10-30-24)20(12-17(29)7-2)15(4)27-25(21)28(16)5;1-4-5-6-7-8-9(2)3;1-4(2,3)5/h11,13H,6-10,12H2,1-5H3;9H,4-8H2,1-3H3;5H,1-3H3. The van der Waals surface area contributed by atoms with Gasteiger partial charge >= 0.3 is 0 Å². The Kier molecular flexibility index (Phi) is 14.6. The first kappa shape index (κ1) is 37.5. The molecule has 246 valence electrons. The van der Waals surface area contributed by atoms with Crippen LogP contribution in [-0.2, 0) is 31.1 Å². The summed E-state index contributed by atoms with van der Waals surface area (Å²) in [5.74, 6) is 1.12. The van der Waals surface area contributed by atoms with Crippen molar-refractivity contribution in [2.75, 3.05) is 6.61 Å². The fourth-order valence-electron chi connectivity index (χ4n) is 5.62. The van der Waals surface area contributed by atoms with Crippen molar-refractivity contribution in [1.82, 2.24) is 9.55 Å². The largest absolute Gasteiger partial charge is 0.490 e. The molecule has 4 rings (SSSR count). The zero-order valence-electron chi connectivity index (χ0n) is 29.5. The molecule has 1 aliphatic heterocycles. The highest BCUT2D eigenvalue weighted by Gasteiger charge is 2.26. The maximum atomic E-state index is 15.1. The van der Waals surface area contributed by atoms with E-state index in [2.05, 4.69) is 38.3 Å². The molecule has 0 radical (unpaired) electrons. The lowest BCUT2D eigenvalue weighted by molar-refractivity contribution is -0.118. The SMILES string of the molecule is CC(C)(C)O.CCC(=O)Cc1c(C)nc2c(cc(CC)n2C)c1-c1cc(F)c2c(c1C)CCCO2.CCCCCCC(C)C. The molecule has 1 N–H and O–H groups in total. The molecular weight excluding hydrogens is 551 g/mol. The monoisotopic (exact) mass is 610 g/mol. The molecule has 0 atom stereocenters. The van der Waals surface area contributed by atoms with Gasteiger partial charge in [-0.2, -0.15) is 0 Å². The smallest absolute Gasteiger partial charge is 0.165 e. The van der Waals surface area contributed by atoms with E-state index in [1.54, 1.807) is 26.8 Å². The molecule has 0 saturated carbocycles. The zero-order chi connectivity index (χ0) is 33.2. The van der Waals surface area contributed by atoms with Gasteiger partial charge in [0.05, 0.1) is 12.2 Å². The number of aryl methyl sites for hydroxylation is 3. The number of pyridine rings is 1. The zero-order valence-corrected chi connectivity index (χ0v) is 29.5. The third-order valence-corrected chi connectivity index (χ3v) is 8.05. The van der Waals surface area contributed by atoms with Crippen LogP contribution in [0.4, 0.5) is 4.39 Å². The first-order chi connectivity index (χ1) is 20.6. The Morgan fingerprint density at radius 2 is 1.77 bits per heavy atom. The van der Waals surface area contributed by atoms with E-state index in [1.807, 2.05) is 27.8 Å². The van der Waals surface area contributed by atoms with Gasteiger partial charge in [-0.1, -0.05) is 66.7 Å². The quantitative estimate of drug-likeness (QED) is 0.232. The molecule has 3 aromatic rings. The predicted octanol–water partition coefficient (Wildman–Crippen LogP) is 9.80. The maximum absolute atomic E-state index is 15.1. The number of carbonyl (C=O) groups is 1. The van der Waals surface area contributed by atoms with Crippen LogP contribution in [0.5, 0.6) is 5.75 Å². The number of Topliss-reactive ketones (excluding diaryl/α,β-unsaturated/α-hetero) is 1. The molecule has 1 aliphatic rings. The normalized spacial score (nSPS) is 12.7. The fraction of sp³-hybridized carbons (Fsp3) is 0.632. The summed E-state index contributed by atoms with van der Waals surface area (Å²) in [5, 5.41) is 9.51. The Balaban J connectivity index is 0.000000403. The van der Waals surface area contributed by atoms with Gasteiger partial charge in [0.25, 0.3) is 0 Å². The highest BCUT2D eigenvalue weighted by atomic mass is 19.1. The van der Waals surface area contributed by atoms with Crippen molar-refractivity contribution in [3.05, 3.63) is 46.0 Å². The van der Waals surface area contributed by atoms with Crippen molar-refractivity contribution in [3.63, 3.8) is 0 Å². The van der Waals surface area contributed by atoms with Crippen LogP contribution < -0.4 is 4.74 Å². The lowest BCUT2D eigenvalue weighted by Gasteiger charge is -2.23. The van der Waals surface area contributed by atoms with Gasteiger partial charge in [-0.15, -0.1) is 0 Å². The first-order valence-electron chi connectivity index (χ1n) is 16.8. The van der Waals surface area contributed by atoms with Crippen LogP contribution in [0, 0.1) is 25.6 Å². The third-order valence-electron chi connectivity index (χ3n) is 8.05. The number of aliphatic hydroxyl groups is 1. The van der Waals surface area contributed by atoms with Crippen molar-refractivity contribution < 1.29 is 19.0 Å². The maximum Gasteiger partial charge on any atom is 0.165 e. The van der Waals surface area contributed by atoms with Crippen LogP contribution in [0.15, 0.2) is 12.1 Å². The van der Waals surface area contributed by atoms with Crippen LogP contribution in [0.2, 0.25) is 0 Å². The highest BCUT2D eigenvalue weighted by Crippen LogP contribution is 2.42. The molecule has 0 aliphatic carbocycles. The van der Waals surface area contributed by atoms with Crippen LogP contribution in [0.25, 0.3) is 22.2 Å². The van der Waals surface area contributed by atoms with Crippen molar-refractivity contribution in [2.45, 2.75) is 139 Å². The van der Waals surface area contributed by atoms with Crippen LogP contribution >= 0.6 is 0 Å². The Hall–Kier alpha value is -2.73. The van der Waals surface area contributed by atoms with Crippen LogP contribution in [0.3, 0.4) is 0 Å². The van der Waals surface area contributed by atoms with E-state index in [-0.39, 0.29) is 11.6 Å². The molecule has 0 spiro atoms. The molecule has 0 unspecified atom stereocenters. The molecule has 3 heterocycles. The predicted molar refractivity (Wildman–Crippen MR) is 183 cm³/mol. The number of ether oxygens (including phenoxy) is 1. The molecule has 0 amide bonds. The molecule has 1 aromatic carbocycles. The Labute approximate surface area is 266 Å². The van der Waals surface area contributed by atoms with Gasteiger partial charge in [0.15, 0.2) is 11.6 Å². The summed E-state index contributed by atoms with van der Waals surface area (Å²) in [5.41, 5.74) is 7.04. The number of halogens is 1. The van der Waals surface area contributed by atoms with E-state index in [0.717, 1.165) is 75.4 Å². The summed E-state index contributed by atoms with van der Waals surface area (Å²) in [6.07, 6.45) is 10.4. The minimum absolute atomic E-state index is 0.159. The summed E-state index contributed by atoms with van der Waals surface area (Å²) in [6, 6.07) is 3.73. The topological polar surface area (TPSA) is 64.3 Å². The second-order valence-electron chi connectivity index (χ2n) is 13.6. The fourth-order valence-corrected chi connectivity index (χ4v) is 5.62. The van der Waals surface area contributed by atoms with Gasteiger partial charge in [-0.3, -0.25) is 4.79 Å². The van der Waals surface area contributed by atoms with Crippen molar-refractivity contribution in [1.29, 1.82) is 0 Å². The van der Waals surface area contributed by atoms with Crippen LogP contribution in [0.1, 0.15) is 128 Å². The van der Waals surface area contributed by atoms with Crippen LogP contribution in [-0.4, -0.2) is 32.6 Å². The Morgan fingerprint density at radius 3 is 2.34 bits per heavy atom. The Morgan fingerprint density at radius 1 is 1.11 bits per heavy atom. The number of aromatic nitrogens is 2. The average Bonchev–Trinajstić information content (AvgIpc) is 3.27. The second kappa shape index (κ2) is 17.1. The van der Waals surface area contributed by atoms with E-state index < -0.39 is 5.60 Å². The van der Waals surface area contributed by atoms with Gasteiger partial charge in [0.2, 0.25) is 0 Å². The number of benzene rings is 1. The first-order valence-corrected chi connectivity index (χ1v) is 16.8. The molecular formula is C38H59FN2O3. The lowest BCUT2D eigenvalue weighted by atomic mass is 9.87. The van der Waals surface area contributed by atoms with E-state index in [0.29, 0.717) is 25.2 Å². The minimum Gasteiger partial charge on any atom is -0.490 e. The van der Waals surface area contributed by atoms with Crippen molar-refractivity contribution >= 4 is 16.8 Å². The number of hydrogen-bond donors (Lipinski definition) is 1. The average molecular weight is 611 g/mol. The second-order valence-corrected chi connectivity index (χ2v) is 13.6. The molecule has 0 fully saturated rings. The number of nitrogens with zero attached hydrogens (tertiary/aromatic N) is 2. The van der Waals surface area contributed by atoms with Gasteiger partial charge in [0, 0.05) is 42.2 Å². The highest BCUT2D eigenvalue weighted by molar-refractivity contribution is 5.99. The summed E-state index contributed by atoms with van der Waals surface area (Å²) >= 11 is 0. The van der Waals surface area contributed by atoms with Gasteiger partial charge in [0.1, 0.15) is 11.4 Å². The third kappa shape index (κ3) is 10.4. The molecule has 5 nitrogen and oxygen atoms in total. The van der Waals surface area contributed by atoms with E-state index in [1.165, 1.54) is 32.1 Å². The van der Waals surface area contributed by atoms with E-state index in [4.69, 9.17) is 14.8 Å². The summed E-state index contributed by atoms with van der Waals surface area (Å²) in [4.78, 5) is 17.3. The van der Waals surface area contributed by atoms with E-state index in [9.17, 15) is 4.79 Å². The summed E-state index contributed by atoms with van der Waals surface area (Å²) in [6.45, 7) is 20.6. The van der Waals surface area contributed by atoms with Crippen molar-refractivity contribution in [2.24, 2.45) is 13.0 Å². The summed E-state index contributed by atoms with van der Waals surface area (Å²) < 4.78 is 22.8. The molecule has 6 heteroatoms. The van der Waals surface area contributed by atoms with Gasteiger partial charge in [-0.05, 0) is 94.2 Å². The molecule has 44 heavy (non-hydrogen) atoms. The van der Waals surface area contributed by atoms with Crippen molar-refractivity contribution in [3.8, 4) is 16.9 Å². The van der Waals surface area contributed by atoms with E-state index >= 15 is 4.39 Å². The lowest BCUT2D eigenvalue weighted by Crippen LogP contribution is -2.13. The molecule has 0 bridgehead atoms. The number of rotatable bonds is 10. The number of hydrogen-bond acceptors (Lipinski definition) is 4. The molecule has 2 aromatic heterocycles. The summed E-state index contributed by atoms with van der Waals surface area (Å²) in [7, 11) is 2.02. The van der Waals surface area contributed by atoms with Gasteiger partial charge < -0.3 is 14.4 Å². The molecule has 0 saturated heterocycles.